The molecule has 2 amide bonds. The lowest BCUT2D eigenvalue weighted by atomic mass is 10.0. The van der Waals surface area contributed by atoms with Gasteiger partial charge in [-0.1, -0.05) is 12.1 Å². The average Bonchev–Trinajstić information content (AvgIpc) is 2.79. The number of anilines is 1. The first-order chi connectivity index (χ1) is 12.0. The fourth-order valence-corrected chi connectivity index (χ4v) is 2.75. The van der Waals surface area contributed by atoms with Gasteiger partial charge in [0.15, 0.2) is 0 Å². The lowest BCUT2D eigenvalue weighted by molar-refractivity contribution is -0.289. The number of halogens is 5. The van der Waals surface area contributed by atoms with Crippen LogP contribution >= 0.6 is 0 Å². The topological polar surface area (TPSA) is 57.6 Å². The predicted octanol–water partition coefficient (Wildman–Crippen LogP) is 4.16. The van der Waals surface area contributed by atoms with Crippen LogP contribution in [0.1, 0.15) is 31.8 Å². The van der Waals surface area contributed by atoms with E-state index in [-0.39, 0.29) is 22.4 Å². The molecule has 1 aliphatic heterocycles. The van der Waals surface area contributed by atoms with Gasteiger partial charge >= 0.3 is 12.1 Å². The normalized spacial score (nSPS) is 14.8. The van der Waals surface area contributed by atoms with Crippen LogP contribution in [0.2, 0.25) is 0 Å². The number of hydrogen-bond acceptors (Lipinski definition) is 3. The summed E-state index contributed by atoms with van der Waals surface area (Å²) in [5, 5.41) is 9.77. The molecule has 0 spiro atoms. The molecule has 26 heavy (non-hydrogen) atoms. The number of carbonyl (C=O) groups excluding carboxylic acids is 2. The summed E-state index contributed by atoms with van der Waals surface area (Å²) >= 11 is 0. The minimum atomic E-state index is -5.78. The molecule has 0 atom stereocenters. The number of rotatable bonds is 2. The summed E-state index contributed by atoms with van der Waals surface area (Å²) < 4.78 is 64.4. The molecule has 1 N–H and O–H groups in total. The van der Waals surface area contributed by atoms with Crippen molar-refractivity contribution in [3.8, 4) is 5.75 Å². The molecule has 0 radical (unpaired) electrons. The Bertz CT molecular complexity index is 936. The van der Waals surface area contributed by atoms with Gasteiger partial charge in [0.05, 0.1) is 16.8 Å². The van der Waals surface area contributed by atoms with E-state index in [1.165, 1.54) is 25.1 Å². The number of phenols is 1. The third-order valence-corrected chi connectivity index (χ3v) is 4.05. The molecule has 2 aromatic carbocycles. The molecule has 2 aromatic rings. The molecule has 0 saturated heterocycles. The molecule has 4 nitrogen and oxygen atoms in total. The van der Waals surface area contributed by atoms with Crippen LogP contribution in [0.5, 0.6) is 5.75 Å². The van der Waals surface area contributed by atoms with E-state index >= 15 is 0 Å². The van der Waals surface area contributed by atoms with Crippen molar-refractivity contribution in [3.05, 3.63) is 58.7 Å². The molecular weight excluding hydrogens is 361 g/mol. The van der Waals surface area contributed by atoms with Crippen molar-refractivity contribution < 1.29 is 36.6 Å². The monoisotopic (exact) mass is 371 g/mol. The van der Waals surface area contributed by atoms with Crippen LogP contribution < -0.4 is 4.90 Å². The third kappa shape index (κ3) is 2.42. The van der Waals surface area contributed by atoms with Crippen molar-refractivity contribution in [3.63, 3.8) is 0 Å². The van der Waals surface area contributed by atoms with Crippen LogP contribution in [0.15, 0.2) is 36.4 Å². The van der Waals surface area contributed by atoms with Crippen molar-refractivity contribution >= 4 is 17.5 Å². The van der Waals surface area contributed by atoms with E-state index in [1.54, 1.807) is 0 Å². The van der Waals surface area contributed by atoms with Gasteiger partial charge in [0.2, 0.25) is 0 Å². The van der Waals surface area contributed by atoms with E-state index < -0.39 is 35.2 Å². The molecule has 1 aliphatic rings. The van der Waals surface area contributed by atoms with Crippen LogP contribution in [0, 0.1) is 6.92 Å². The van der Waals surface area contributed by atoms with Gasteiger partial charge in [-0.3, -0.25) is 9.59 Å². The number of aryl methyl sites for hydroxylation is 1. The highest BCUT2D eigenvalue weighted by Crippen LogP contribution is 2.45. The zero-order valence-corrected chi connectivity index (χ0v) is 13.1. The number of nitrogens with zero attached hydrogens (tertiary/aromatic N) is 1. The van der Waals surface area contributed by atoms with Crippen LogP contribution in [0.4, 0.5) is 27.6 Å². The van der Waals surface area contributed by atoms with Gasteiger partial charge in [-0.05, 0) is 36.8 Å². The van der Waals surface area contributed by atoms with Crippen LogP contribution in [0.25, 0.3) is 0 Å². The highest BCUT2D eigenvalue weighted by Gasteiger charge is 2.58. The smallest absolute Gasteiger partial charge is 0.458 e. The number of aromatic hydroxyl groups is 1. The summed E-state index contributed by atoms with van der Waals surface area (Å²) in [6, 6.07) is 5.79. The lowest BCUT2D eigenvalue weighted by Gasteiger charge is -2.22. The van der Waals surface area contributed by atoms with Crippen LogP contribution in [-0.4, -0.2) is 23.1 Å². The number of imide groups is 1. The largest absolute Gasteiger partial charge is 0.507 e. The summed E-state index contributed by atoms with van der Waals surface area (Å²) in [4.78, 5) is 25.5. The Labute approximate surface area is 143 Å². The third-order valence-electron chi connectivity index (χ3n) is 4.05. The minimum Gasteiger partial charge on any atom is -0.507 e. The molecule has 0 saturated carbocycles. The number of hydrogen-bond donors (Lipinski definition) is 1. The minimum absolute atomic E-state index is 0.0842. The second-order valence-electron chi connectivity index (χ2n) is 5.72. The summed E-state index contributed by atoms with van der Waals surface area (Å²) in [5.74, 6) is -7.20. The molecule has 3 rings (SSSR count). The first kappa shape index (κ1) is 17.8. The van der Waals surface area contributed by atoms with Gasteiger partial charge in [-0.15, -0.1) is 0 Å². The summed E-state index contributed by atoms with van der Waals surface area (Å²) in [7, 11) is 0. The highest BCUT2D eigenvalue weighted by atomic mass is 19.4. The zero-order chi connectivity index (χ0) is 19.4. The highest BCUT2D eigenvalue weighted by molar-refractivity contribution is 6.35. The molecule has 0 fully saturated rings. The lowest BCUT2D eigenvalue weighted by Crippen LogP contribution is -2.34. The fourth-order valence-electron chi connectivity index (χ4n) is 2.75. The molecule has 0 bridgehead atoms. The Kier molecular flexibility index (Phi) is 3.78. The molecule has 0 aromatic heterocycles. The summed E-state index contributed by atoms with van der Waals surface area (Å²) in [5.41, 5.74) is -1.90. The van der Waals surface area contributed by atoms with Gasteiger partial charge in [-0.25, -0.2) is 4.90 Å². The molecule has 9 heteroatoms. The predicted molar refractivity (Wildman–Crippen MR) is 80.4 cm³/mol. The second kappa shape index (κ2) is 5.52. The van der Waals surface area contributed by atoms with Crippen molar-refractivity contribution in [2.75, 3.05) is 4.90 Å². The number of fused-ring (bicyclic) bond motifs is 1. The molecular formula is C17H10F5NO3. The van der Waals surface area contributed by atoms with Gasteiger partial charge in [0.1, 0.15) is 5.75 Å². The molecule has 0 aliphatic carbocycles. The van der Waals surface area contributed by atoms with Crippen LogP contribution in [-0.2, 0) is 5.92 Å². The quantitative estimate of drug-likeness (QED) is 0.637. The van der Waals surface area contributed by atoms with E-state index in [0.29, 0.717) is 17.0 Å². The van der Waals surface area contributed by atoms with E-state index in [1.807, 2.05) is 0 Å². The Morgan fingerprint density at radius 2 is 1.62 bits per heavy atom. The fraction of sp³-hybridized carbons (Fsp3) is 0.176. The van der Waals surface area contributed by atoms with E-state index in [0.717, 1.165) is 6.07 Å². The van der Waals surface area contributed by atoms with E-state index in [9.17, 15) is 36.6 Å². The maximum absolute atomic E-state index is 13.5. The number of alkyl halides is 5. The van der Waals surface area contributed by atoms with Gasteiger partial charge in [0, 0.05) is 5.56 Å². The van der Waals surface area contributed by atoms with Crippen molar-refractivity contribution in [1.82, 2.24) is 0 Å². The maximum atomic E-state index is 13.5. The van der Waals surface area contributed by atoms with Crippen molar-refractivity contribution in [2.45, 2.75) is 19.0 Å². The summed E-state index contributed by atoms with van der Waals surface area (Å²) in [6.07, 6.45) is -5.78. The standard InChI is InChI=1S/C17H10F5NO3/c1-8-7-9(16(18,19)17(20,21)22)5-6-11(8)23-14(25)10-3-2-4-12(24)13(10)15(23)26/h2-7,24H,1H3. The maximum Gasteiger partial charge on any atom is 0.458 e. The Morgan fingerprint density at radius 3 is 2.15 bits per heavy atom. The number of benzene rings is 2. The number of amides is 2. The first-order valence-corrected chi connectivity index (χ1v) is 7.23. The Hall–Kier alpha value is -2.97. The first-order valence-electron chi connectivity index (χ1n) is 7.23. The number of carbonyl (C=O) groups is 2. The Morgan fingerprint density at radius 1 is 0.962 bits per heavy atom. The molecule has 1 heterocycles. The summed E-state index contributed by atoms with van der Waals surface area (Å²) in [6.45, 7) is 1.20. The van der Waals surface area contributed by atoms with E-state index in [4.69, 9.17) is 0 Å². The average molecular weight is 371 g/mol. The Balaban J connectivity index is 2.06. The molecule has 0 unspecified atom stereocenters. The number of phenolic OH excluding ortho intramolecular Hbond substituents is 1. The van der Waals surface area contributed by atoms with Gasteiger partial charge in [0.25, 0.3) is 11.8 Å². The van der Waals surface area contributed by atoms with Crippen LogP contribution in [0.3, 0.4) is 0 Å². The SMILES string of the molecule is Cc1cc(C(F)(F)C(F)(F)F)ccc1N1C(=O)c2cccc(O)c2C1=O. The van der Waals surface area contributed by atoms with Crippen molar-refractivity contribution in [1.29, 1.82) is 0 Å². The van der Waals surface area contributed by atoms with Gasteiger partial charge in [-0.2, -0.15) is 22.0 Å². The van der Waals surface area contributed by atoms with E-state index in [2.05, 4.69) is 0 Å². The molecule has 136 valence electrons. The zero-order valence-electron chi connectivity index (χ0n) is 13.1. The second-order valence-corrected chi connectivity index (χ2v) is 5.72. The van der Waals surface area contributed by atoms with Gasteiger partial charge < -0.3 is 5.11 Å². The van der Waals surface area contributed by atoms with Crippen molar-refractivity contribution in [2.24, 2.45) is 0 Å².